The van der Waals surface area contributed by atoms with Crippen molar-refractivity contribution >= 4 is 17.3 Å². The summed E-state index contributed by atoms with van der Waals surface area (Å²) in [4.78, 5) is 12.5. The molecule has 0 aliphatic heterocycles. The Labute approximate surface area is 218 Å². The Morgan fingerprint density at radius 3 is 2.08 bits per heavy atom. The van der Waals surface area contributed by atoms with Crippen molar-refractivity contribution in [2.45, 2.75) is 103 Å². The van der Waals surface area contributed by atoms with E-state index < -0.39 is 5.97 Å². The number of rotatable bonds is 10. The summed E-state index contributed by atoms with van der Waals surface area (Å²) in [7, 11) is 0. The van der Waals surface area contributed by atoms with Crippen LogP contribution in [0.1, 0.15) is 119 Å². The Kier molecular flexibility index (Phi) is 9.72. The second kappa shape index (κ2) is 13.2. The predicted octanol–water partition coefficient (Wildman–Crippen LogP) is 8.51. The molecule has 2 saturated carbocycles. The van der Waals surface area contributed by atoms with E-state index in [-0.39, 0.29) is 0 Å². The minimum atomic E-state index is -0.452. The Bertz CT molecular complexity index is 955. The van der Waals surface area contributed by atoms with E-state index in [4.69, 9.17) is 16.2 Å². The zero-order chi connectivity index (χ0) is 25.3. The van der Waals surface area contributed by atoms with Crippen LogP contribution in [0.15, 0.2) is 42.5 Å². The zero-order valence-electron chi connectivity index (χ0n) is 22.2. The quantitative estimate of drug-likeness (QED) is 0.151. The molecule has 0 aromatic heterocycles. The summed E-state index contributed by atoms with van der Waals surface area (Å²) >= 11 is 0. The van der Waals surface area contributed by atoms with Gasteiger partial charge >= 0.3 is 5.97 Å². The highest BCUT2D eigenvalue weighted by molar-refractivity contribution is 5.97. The molecule has 4 heteroatoms. The molecule has 0 spiro atoms. The van der Waals surface area contributed by atoms with Crippen LogP contribution in [-0.2, 0) is 0 Å². The third kappa shape index (κ3) is 7.27. The van der Waals surface area contributed by atoms with Crippen molar-refractivity contribution < 1.29 is 9.53 Å². The van der Waals surface area contributed by atoms with Crippen molar-refractivity contribution in [2.24, 2.45) is 17.8 Å². The lowest BCUT2D eigenvalue weighted by Crippen LogP contribution is -2.25. The van der Waals surface area contributed by atoms with Crippen molar-refractivity contribution in [2.75, 3.05) is 11.5 Å². The monoisotopic (exact) mass is 490 g/mol. The highest BCUT2D eigenvalue weighted by Gasteiger charge is 2.31. The molecule has 0 heterocycles. The molecule has 196 valence electrons. The fourth-order valence-electron chi connectivity index (χ4n) is 6.65. The van der Waals surface area contributed by atoms with Gasteiger partial charge in [-0.15, -0.1) is 0 Å². The van der Waals surface area contributed by atoms with Gasteiger partial charge in [0.25, 0.3) is 0 Å². The maximum absolute atomic E-state index is 12.5. The molecule has 2 fully saturated rings. The van der Waals surface area contributed by atoms with E-state index in [1.165, 1.54) is 95.5 Å². The molecule has 0 radical (unpaired) electrons. The Morgan fingerprint density at radius 2 is 1.44 bits per heavy atom. The van der Waals surface area contributed by atoms with Crippen LogP contribution < -0.4 is 16.2 Å². The molecule has 0 bridgehead atoms. The maximum atomic E-state index is 12.5. The second-order valence-corrected chi connectivity index (χ2v) is 11.4. The molecule has 2 aliphatic carbocycles. The first-order chi connectivity index (χ1) is 17.5. The average Bonchev–Trinajstić information content (AvgIpc) is 2.89. The molecular formula is C32H46N2O2. The summed E-state index contributed by atoms with van der Waals surface area (Å²) in [5.41, 5.74) is 14.2. The molecule has 4 N–H and O–H groups in total. The molecule has 0 atom stereocenters. The standard InChI is InChI=1S/C32H46N2O2/c1-2-3-4-5-6-7-23-8-10-24(11-9-23)25-12-14-26(15-13-25)27-16-19-29(20-17-27)36-32(35)30-21-18-28(33)22-31(30)34/h16-26H,2-15,33-34H2,1H3. The first kappa shape index (κ1) is 26.6. The van der Waals surface area contributed by atoms with E-state index in [0.29, 0.717) is 28.6 Å². The van der Waals surface area contributed by atoms with E-state index in [1.807, 2.05) is 12.1 Å². The molecule has 4 rings (SSSR count). The molecule has 2 aromatic rings. The Hall–Kier alpha value is -2.49. The SMILES string of the molecule is CCCCCCCC1CCC(C2CCC(c3ccc(OC(=O)c4ccc(N)cc4N)cc3)CC2)CC1. The summed E-state index contributed by atoms with van der Waals surface area (Å²) in [6, 6.07) is 12.9. The van der Waals surface area contributed by atoms with Gasteiger partial charge in [0.1, 0.15) is 5.75 Å². The molecular weight excluding hydrogens is 444 g/mol. The van der Waals surface area contributed by atoms with Crippen LogP contribution in [0, 0.1) is 17.8 Å². The summed E-state index contributed by atoms with van der Waals surface area (Å²) in [6.45, 7) is 2.30. The van der Waals surface area contributed by atoms with Crippen LogP contribution in [0.5, 0.6) is 5.75 Å². The summed E-state index contributed by atoms with van der Waals surface area (Å²) in [5.74, 6) is 3.62. The summed E-state index contributed by atoms with van der Waals surface area (Å²) in [5, 5.41) is 0. The Balaban J connectivity index is 1.19. The number of carbonyl (C=O) groups is 1. The molecule has 4 nitrogen and oxygen atoms in total. The van der Waals surface area contributed by atoms with Crippen LogP contribution in [0.25, 0.3) is 0 Å². The highest BCUT2D eigenvalue weighted by Crippen LogP contribution is 2.44. The minimum Gasteiger partial charge on any atom is -0.423 e. The van der Waals surface area contributed by atoms with Gasteiger partial charge in [0.15, 0.2) is 0 Å². The second-order valence-electron chi connectivity index (χ2n) is 11.4. The van der Waals surface area contributed by atoms with Gasteiger partial charge in [-0.1, -0.05) is 70.4 Å². The van der Waals surface area contributed by atoms with Gasteiger partial charge in [-0.2, -0.15) is 0 Å². The van der Waals surface area contributed by atoms with Gasteiger partial charge in [-0.05, 0) is 98.1 Å². The van der Waals surface area contributed by atoms with E-state index in [0.717, 1.165) is 17.8 Å². The number of ether oxygens (including phenoxy) is 1. The van der Waals surface area contributed by atoms with Gasteiger partial charge in [0.05, 0.1) is 5.56 Å². The van der Waals surface area contributed by atoms with Crippen LogP contribution in [0.3, 0.4) is 0 Å². The summed E-state index contributed by atoms with van der Waals surface area (Å²) in [6.07, 6.45) is 19.7. The predicted molar refractivity (Wildman–Crippen MR) is 150 cm³/mol. The lowest BCUT2D eigenvalue weighted by molar-refractivity contribution is 0.0736. The number of anilines is 2. The average molecular weight is 491 g/mol. The number of nitrogens with two attached hydrogens (primary N) is 2. The normalized spacial score (nSPS) is 24.4. The molecule has 36 heavy (non-hydrogen) atoms. The largest absolute Gasteiger partial charge is 0.423 e. The minimum absolute atomic E-state index is 0.337. The van der Waals surface area contributed by atoms with E-state index >= 15 is 0 Å². The van der Waals surface area contributed by atoms with Crippen molar-refractivity contribution in [3.05, 3.63) is 53.6 Å². The lowest BCUT2D eigenvalue weighted by atomic mass is 9.68. The molecule has 0 saturated heterocycles. The smallest absolute Gasteiger partial charge is 0.345 e. The number of esters is 1. The fraction of sp³-hybridized carbons (Fsp3) is 0.594. The number of benzene rings is 2. The summed E-state index contributed by atoms with van der Waals surface area (Å²) < 4.78 is 5.55. The topological polar surface area (TPSA) is 78.3 Å². The number of hydrogen-bond acceptors (Lipinski definition) is 4. The molecule has 0 unspecified atom stereocenters. The number of carbonyl (C=O) groups excluding carboxylic acids is 1. The van der Waals surface area contributed by atoms with Crippen molar-refractivity contribution in [1.29, 1.82) is 0 Å². The van der Waals surface area contributed by atoms with Crippen LogP contribution in [0.2, 0.25) is 0 Å². The number of unbranched alkanes of at least 4 members (excludes halogenated alkanes) is 4. The highest BCUT2D eigenvalue weighted by atomic mass is 16.5. The molecule has 0 amide bonds. The van der Waals surface area contributed by atoms with Crippen molar-refractivity contribution in [3.63, 3.8) is 0 Å². The first-order valence-electron chi connectivity index (χ1n) is 14.5. The van der Waals surface area contributed by atoms with Crippen molar-refractivity contribution in [1.82, 2.24) is 0 Å². The maximum Gasteiger partial charge on any atom is 0.345 e. The van der Waals surface area contributed by atoms with Crippen LogP contribution in [0.4, 0.5) is 11.4 Å². The van der Waals surface area contributed by atoms with Crippen LogP contribution >= 0.6 is 0 Å². The van der Waals surface area contributed by atoms with Gasteiger partial charge in [-0.3, -0.25) is 0 Å². The lowest BCUT2D eigenvalue weighted by Gasteiger charge is -2.38. The Morgan fingerprint density at radius 1 is 0.806 bits per heavy atom. The van der Waals surface area contributed by atoms with E-state index in [9.17, 15) is 4.79 Å². The number of hydrogen-bond donors (Lipinski definition) is 2. The van der Waals surface area contributed by atoms with Gasteiger partial charge < -0.3 is 16.2 Å². The molecule has 2 aliphatic rings. The van der Waals surface area contributed by atoms with Gasteiger partial charge in [0.2, 0.25) is 0 Å². The van der Waals surface area contributed by atoms with E-state index in [1.54, 1.807) is 18.2 Å². The third-order valence-electron chi connectivity index (χ3n) is 8.90. The van der Waals surface area contributed by atoms with Crippen molar-refractivity contribution in [3.8, 4) is 5.75 Å². The molecule has 2 aromatic carbocycles. The van der Waals surface area contributed by atoms with Crippen LogP contribution in [-0.4, -0.2) is 5.97 Å². The van der Waals surface area contributed by atoms with Gasteiger partial charge in [-0.25, -0.2) is 4.79 Å². The number of nitrogen functional groups attached to an aromatic ring is 2. The first-order valence-corrected chi connectivity index (χ1v) is 14.5. The van der Waals surface area contributed by atoms with E-state index in [2.05, 4.69) is 19.1 Å². The fourth-order valence-corrected chi connectivity index (χ4v) is 6.65. The van der Waals surface area contributed by atoms with Gasteiger partial charge in [0, 0.05) is 11.4 Å². The zero-order valence-corrected chi connectivity index (χ0v) is 22.2. The third-order valence-corrected chi connectivity index (χ3v) is 8.90.